The first-order valence-electron chi connectivity index (χ1n) is 10.2. The Kier molecular flexibility index (Phi) is 6.17. The summed E-state index contributed by atoms with van der Waals surface area (Å²) in [5, 5.41) is 0. The van der Waals surface area contributed by atoms with Gasteiger partial charge in [-0.15, -0.1) is 0 Å². The molecule has 2 heterocycles. The maximum absolute atomic E-state index is 13.0. The zero-order chi connectivity index (χ0) is 22.0. The molecule has 0 aliphatic carbocycles. The highest BCUT2D eigenvalue weighted by Gasteiger charge is 2.30. The van der Waals surface area contributed by atoms with E-state index in [1.165, 1.54) is 4.31 Å². The zero-order valence-corrected chi connectivity index (χ0v) is 18.5. The van der Waals surface area contributed by atoms with Crippen LogP contribution >= 0.6 is 0 Å². The van der Waals surface area contributed by atoms with Crippen molar-refractivity contribution >= 4 is 21.6 Å². The molecule has 31 heavy (non-hydrogen) atoms. The average molecular weight is 447 g/mol. The predicted octanol–water partition coefficient (Wildman–Crippen LogP) is 1.86. The van der Waals surface area contributed by atoms with Gasteiger partial charge in [0.2, 0.25) is 15.9 Å². The van der Waals surface area contributed by atoms with Gasteiger partial charge in [0.05, 0.1) is 38.7 Å². The summed E-state index contributed by atoms with van der Waals surface area (Å²) in [4.78, 5) is 15.0. The van der Waals surface area contributed by atoms with Crippen LogP contribution in [0.4, 0.5) is 5.69 Å². The summed E-state index contributed by atoms with van der Waals surface area (Å²) in [5.74, 6) is 1.14. The van der Waals surface area contributed by atoms with Gasteiger partial charge in [0.25, 0.3) is 0 Å². The van der Waals surface area contributed by atoms with Crippen LogP contribution in [0.5, 0.6) is 11.5 Å². The van der Waals surface area contributed by atoms with Gasteiger partial charge in [0, 0.05) is 25.3 Å². The molecule has 0 bridgehead atoms. The second-order valence-corrected chi connectivity index (χ2v) is 9.41. The zero-order valence-electron chi connectivity index (χ0n) is 17.7. The molecule has 166 valence electrons. The largest absolute Gasteiger partial charge is 0.493 e. The standard InChI is InChI=1S/C22H26N2O6S/c1-28-20-6-3-16(13-21(20)29-2)14-22(25)24-8-7-17-15-18(4-5-19(17)24)31(26,27)23-9-11-30-12-10-23/h3-6,13,15H,7-12,14H2,1-2H3. The van der Waals surface area contributed by atoms with E-state index in [1.54, 1.807) is 49.5 Å². The van der Waals surface area contributed by atoms with Crippen molar-refractivity contribution < 1.29 is 27.4 Å². The van der Waals surface area contributed by atoms with Crippen LogP contribution in [0.1, 0.15) is 11.1 Å². The predicted molar refractivity (Wildman–Crippen MR) is 115 cm³/mol. The molecule has 0 radical (unpaired) electrons. The summed E-state index contributed by atoms with van der Waals surface area (Å²) in [6, 6.07) is 10.4. The Hall–Kier alpha value is -2.62. The smallest absolute Gasteiger partial charge is 0.243 e. The third-order valence-electron chi connectivity index (χ3n) is 5.66. The summed E-state index contributed by atoms with van der Waals surface area (Å²) in [6.07, 6.45) is 0.840. The number of anilines is 1. The second-order valence-electron chi connectivity index (χ2n) is 7.47. The molecule has 0 atom stereocenters. The highest BCUT2D eigenvalue weighted by molar-refractivity contribution is 7.89. The van der Waals surface area contributed by atoms with Crippen molar-refractivity contribution in [3.8, 4) is 11.5 Å². The van der Waals surface area contributed by atoms with Gasteiger partial charge in [-0.25, -0.2) is 8.42 Å². The molecule has 9 heteroatoms. The number of methoxy groups -OCH3 is 2. The number of carbonyl (C=O) groups is 1. The highest BCUT2D eigenvalue weighted by atomic mass is 32.2. The van der Waals surface area contributed by atoms with Gasteiger partial charge < -0.3 is 19.1 Å². The normalized spacial score (nSPS) is 16.8. The van der Waals surface area contributed by atoms with Crippen LogP contribution in [0.3, 0.4) is 0 Å². The number of morpholine rings is 1. The topological polar surface area (TPSA) is 85.4 Å². The summed E-state index contributed by atoms with van der Waals surface area (Å²) in [6.45, 7) is 2.05. The molecule has 0 unspecified atom stereocenters. The molecule has 1 amide bonds. The fourth-order valence-corrected chi connectivity index (χ4v) is 5.45. The Morgan fingerprint density at radius 3 is 2.45 bits per heavy atom. The summed E-state index contributed by atoms with van der Waals surface area (Å²) in [5.41, 5.74) is 2.46. The highest BCUT2D eigenvalue weighted by Crippen LogP contribution is 2.33. The number of hydrogen-bond donors (Lipinski definition) is 0. The fraction of sp³-hybridized carbons (Fsp3) is 0.409. The number of carbonyl (C=O) groups excluding carboxylic acids is 1. The van der Waals surface area contributed by atoms with E-state index >= 15 is 0 Å². The number of rotatable bonds is 6. The molecular formula is C22H26N2O6S. The van der Waals surface area contributed by atoms with Gasteiger partial charge in [-0.3, -0.25) is 4.79 Å². The van der Waals surface area contributed by atoms with E-state index < -0.39 is 10.0 Å². The molecule has 4 rings (SSSR count). The molecule has 2 aromatic carbocycles. The molecule has 0 saturated carbocycles. The van der Waals surface area contributed by atoms with Crippen LogP contribution in [0, 0.1) is 0 Å². The van der Waals surface area contributed by atoms with E-state index in [4.69, 9.17) is 14.2 Å². The number of benzene rings is 2. The quantitative estimate of drug-likeness (QED) is 0.673. The minimum absolute atomic E-state index is 0.0465. The van der Waals surface area contributed by atoms with E-state index in [-0.39, 0.29) is 17.2 Å². The Morgan fingerprint density at radius 2 is 1.74 bits per heavy atom. The van der Waals surface area contributed by atoms with Crippen LogP contribution in [0.2, 0.25) is 0 Å². The molecule has 0 N–H and O–H groups in total. The first-order valence-corrected chi connectivity index (χ1v) is 11.6. The number of amides is 1. The molecule has 8 nitrogen and oxygen atoms in total. The molecule has 2 aliphatic rings. The van der Waals surface area contributed by atoms with E-state index in [9.17, 15) is 13.2 Å². The molecule has 1 fully saturated rings. The van der Waals surface area contributed by atoms with Crippen molar-refractivity contribution in [3.05, 3.63) is 47.5 Å². The van der Waals surface area contributed by atoms with Crippen molar-refractivity contribution in [3.63, 3.8) is 0 Å². The van der Waals surface area contributed by atoms with Gasteiger partial charge >= 0.3 is 0 Å². The van der Waals surface area contributed by atoms with E-state index in [1.807, 2.05) is 6.07 Å². The summed E-state index contributed by atoms with van der Waals surface area (Å²) < 4.78 is 43.1. The second kappa shape index (κ2) is 8.86. The number of ether oxygens (including phenoxy) is 3. The Balaban J connectivity index is 1.52. The van der Waals surface area contributed by atoms with Crippen LogP contribution in [0.15, 0.2) is 41.3 Å². The SMILES string of the molecule is COc1ccc(CC(=O)N2CCc3cc(S(=O)(=O)N4CCOCC4)ccc32)cc1OC. The average Bonchev–Trinajstić information content (AvgIpc) is 3.23. The Labute approximate surface area is 182 Å². The monoisotopic (exact) mass is 446 g/mol. The summed E-state index contributed by atoms with van der Waals surface area (Å²) >= 11 is 0. The number of hydrogen-bond acceptors (Lipinski definition) is 6. The molecule has 2 aliphatic heterocycles. The third-order valence-corrected chi connectivity index (χ3v) is 7.55. The van der Waals surface area contributed by atoms with E-state index in [0.717, 1.165) is 16.8 Å². The lowest BCUT2D eigenvalue weighted by Crippen LogP contribution is -2.40. The van der Waals surface area contributed by atoms with Crippen molar-refractivity contribution in [2.45, 2.75) is 17.7 Å². The van der Waals surface area contributed by atoms with Crippen molar-refractivity contribution in [2.24, 2.45) is 0 Å². The van der Waals surface area contributed by atoms with Crippen LogP contribution < -0.4 is 14.4 Å². The lowest BCUT2D eigenvalue weighted by atomic mass is 10.1. The van der Waals surface area contributed by atoms with Gasteiger partial charge in [-0.1, -0.05) is 6.07 Å². The maximum Gasteiger partial charge on any atom is 0.243 e. The van der Waals surface area contributed by atoms with Crippen LogP contribution in [0.25, 0.3) is 0 Å². The number of sulfonamides is 1. The van der Waals surface area contributed by atoms with E-state index in [2.05, 4.69) is 0 Å². The van der Waals surface area contributed by atoms with Crippen LogP contribution in [-0.4, -0.2) is 65.7 Å². The Bertz CT molecular complexity index is 1080. The van der Waals surface area contributed by atoms with Gasteiger partial charge in [0.15, 0.2) is 11.5 Å². The van der Waals surface area contributed by atoms with Crippen molar-refractivity contribution in [2.75, 3.05) is 52.0 Å². The molecule has 2 aromatic rings. The first kappa shape index (κ1) is 21.6. The van der Waals surface area contributed by atoms with Gasteiger partial charge in [-0.2, -0.15) is 4.31 Å². The first-order chi connectivity index (χ1) is 14.9. The van der Waals surface area contributed by atoms with Gasteiger partial charge in [0.1, 0.15) is 0 Å². The van der Waals surface area contributed by atoms with E-state index in [0.29, 0.717) is 50.8 Å². The van der Waals surface area contributed by atoms with Crippen LogP contribution in [-0.2, 0) is 32.4 Å². The van der Waals surface area contributed by atoms with Crippen molar-refractivity contribution in [1.82, 2.24) is 4.31 Å². The molecular weight excluding hydrogens is 420 g/mol. The molecule has 1 saturated heterocycles. The minimum Gasteiger partial charge on any atom is -0.493 e. The molecule has 0 aromatic heterocycles. The van der Waals surface area contributed by atoms with Gasteiger partial charge in [-0.05, 0) is 47.9 Å². The maximum atomic E-state index is 13.0. The number of fused-ring (bicyclic) bond motifs is 1. The third kappa shape index (κ3) is 4.26. The Morgan fingerprint density at radius 1 is 1.00 bits per heavy atom. The van der Waals surface area contributed by atoms with Crippen molar-refractivity contribution in [1.29, 1.82) is 0 Å². The lowest BCUT2D eigenvalue weighted by Gasteiger charge is -2.26. The fourth-order valence-electron chi connectivity index (χ4n) is 3.99. The molecule has 0 spiro atoms. The minimum atomic E-state index is -3.56. The number of nitrogens with zero attached hydrogens (tertiary/aromatic N) is 2. The lowest BCUT2D eigenvalue weighted by molar-refractivity contribution is -0.117. The summed E-state index contributed by atoms with van der Waals surface area (Å²) in [7, 11) is -0.435.